The zero-order valence-corrected chi connectivity index (χ0v) is 8.91. The molecule has 0 aliphatic heterocycles. The summed E-state index contributed by atoms with van der Waals surface area (Å²) in [6.07, 6.45) is 5.05. The summed E-state index contributed by atoms with van der Waals surface area (Å²) >= 11 is 0. The van der Waals surface area contributed by atoms with E-state index in [0.29, 0.717) is 25.7 Å². The number of aromatic nitrogens is 3. The van der Waals surface area contributed by atoms with E-state index in [9.17, 15) is 0 Å². The molecule has 0 amide bonds. The zero-order chi connectivity index (χ0) is 10.5. The Hall–Kier alpha value is -0.940. The van der Waals surface area contributed by atoms with Crippen LogP contribution in [0, 0.1) is 0 Å². The average molecular weight is 210 g/mol. The summed E-state index contributed by atoms with van der Waals surface area (Å²) in [5, 5.41) is 7.14. The third kappa shape index (κ3) is 2.76. The molecule has 1 aromatic rings. The monoisotopic (exact) mass is 210 g/mol. The van der Waals surface area contributed by atoms with Crippen LogP contribution in [0.2, 0.25) is 0 Å². The quantitative estimate of drug-likeness (QED) is 0.709. The highest BCUT2D eigenvalue weighted by Gasteiger charge is 2.20. The normalized spacial score (nSPS) is 17.4. The summed E-state index contributed by atoms with van der Waals surface area (Å²) in [6, 6.07) is 0. The molecular formula is C10H18N4O. The van der Waals surface area contributed by atoms with Crippen LogP contribution in [-0.2, 0) is 11.3 Å². The molecule has 0 atom stereocenters. The molecule has 0 radical (unpaired) electrons. The lowest BCUT2D eigenvalue weighted by molar-refractivity contribution is 0.122. The summed E-state index contributed by atoms with van der Waals surface area (Å²) in [6.45, 7) is 1.60. The molecule has 1 aromatic heterocycles. The fourth-order valence-corrected chi connectivity index (χ4v) is 1.99. The molecule has 3 N–H and O–H groups in total. The van der Waals surface area contributed by atoms with Gasteiger partial charge in [-0.25, -0.2) is 4.98 Å². The van der Waals surface area contributed by atoms with E-state index in [4.69, 9.17) is 10.5 Å². The zero-order valence-electron chi connectivity index (χ0n) is 8.91. The fraction of sp³-hybridized carbons (Fsp3) is 0.800. The standard InChI is InChI=1S/C10H18N4O/c11-5-6-15-7-9-12-10(14-13-9)8-3-1-2-4-8/h8H,1-7,11H2,(H,12,13,14). The summed E-state index contributed by atoms with van der Waals surface area (Å²) < 4.78 is 5.29. The van der Waals surface area contributed by atoms with Crippen molar-refractivity contribution in [2.45, 2.75) is 38.2 Å². The highest BCUT2D eigenvalue weighted by atomic mass is 16.5. The number of rotatable bonds is 5. The number of ether oxygens (including phenoxy) is 1. The van der Waals surface area contributed by atoms with Gasteiger partial charge in [-0.15, -0.1) is 0 Å². The van der Waals surface area contributed by atoms with Crippen LogP contribution in [0.1, 0.15) is 43.3 Å². The third-order valence-electron chi connectivity index (χ3n) is 2.77. The van der Waals surface area contributed by atoms with E-state index in [2.05, 4.69) is 15.2 Å². The van der Waals surface area contributed by atoms with Gasteiger partial charge < -0.3 is 10.5 Å². The second kappa shape index (κ2) is 5.23. The van der Waals surface area contributed by atoms with E-state index < -0.39 is 0 Å². The minimum absolute atomic E-state index is 0.483. The second-order valence-electron chi connectivity index (χ2n) is 3.96. The first-order valence-corrected chi connectivity index (χ1v) is 5.59. The van der Waals surface area contributed by atoms with Gasteiger partial charge in [0.1, 0.15) is 6.61 Å². The SMILES string of the molecule is NCCOCc1nc(C2CCCC2)n[nH]1. The van der Waals surface area contributed by atoms with Gasteiger partial charge in [0.15, 0.2) is 11.6 Å². The van der Waals surface area contributed by atoms with Gasteiger partial charge in [0.2, 0.25) is 0 Å². The van der Waals surface area contributed by atoms with Crippen molar-refractivity contribution >= 4 is 0 Å². The van der Waals surface area contributed by atoms with Gasteiger partial charge in [0, 0.05) is 12.5 Å². The molecule has 5 heteroatoms. The van der Waals surface area contributed by atoms with Gasteiger partial charge in [-0.2, -0.15) is 5.10 Å². The van der Waals surface area contributed by atoms with Crippen LogP contribution in [0.15, 0.2) is 0 Å². The Kier molecular flexibility index (Phi) is 3.69. The maximum absolute atomic E-state index is 5.33. The summed E-state index contributed by atoms with van der Waals surface area (Å²) in [5.41, 5.74) is 5.33. The summed E-state index contributed by atoms with van der Waals surface area (Å²) in [5.74, 6) is 2.33. The molecule has 0 bridgehead atoms. The largest absolute Gasteiger partial charge is 0.372 e. The first-order valence-electron chi connectivity index (χ1n) is 5.59. The molecule has 2 rings (SSSR count). The number of nitrogens with one attached hydrogen (secondary N) is 1. The van der Waals surface area contributed by atoms with Gasteiger partial charge in [0.05, 0.1) is 6.61 Å². The lowest BCUT2D eigenvalue weighted by atomic mass is 10.1. The second-order valence-corrected chi connectivity index (χ2v) is 3.96. The molecule has 84 valence electrons. The highest BCUT2D eigenvalue weighted by molar-refractivity contribution is 4.99. The van der Waals surface area contributed by atoms with Crippen molar-refractivity contribution in [2.24, 2.45) is 5.73 Å². The highest BCUT2D eigenvalue weighted by Crippen LogP contribution is 2.31. The van der Waals surface area contributed by atoms with Crippen molar-refractivity contribution in [3.8, 4) is 0 Å². The van der Waals surface area contributed by atoms with Crippen molar-refractivity contribution in [1.29, 1.82) is 0 Å². The van der Waals surface area contributed by atoms with Crippen molar-refractivity contribution < 1.29 is 4.74 Å². The first-order chi connectivity index (χ1) is 7.40. The van der Waals surface area contributed by atoms with E-state index in [-0.39, 0.29) is 0 Å². The van der Waals surface area contributed by atoms with Gasteiger partial charge in [0.25, 0.3) is 0 Å². The molecule has 1 aliphatic carbocycles. The molecule has 0 saturated heterocycles. The number of hydrogen-bond acceptors (Lipinski definition) is 4. The smallest absolute Gasteiger partial charge is 0.153 e. The summed E-state index contributed by atoms with van der Waals surface area (Å²) in [7, 11) is 0. The Balaban J connectivity index is 1.86. The van der Waals surface area contributed by atoms with Crippen LogP contribution in [-0.4, -0.2) is 28.3 Å². The van der Waals surface area contributed by atoms with Crippen LogP contribution in [0.5, 0.6) is 0 Å². The molecule has 1 fully saturated rings. The topological polar surface area (TPSA) is 76.8 Å². The predicted molar refractivity (Wildman–Crippen MR) is 56.3 cm³/mol. The van der Waals surface area contributed by atoms with E-state index in [1.54, 1.807) is 0 Å². The van der Waals surface area contributed by atoms with Crippen LogP contribution >= 0.6 is 0 Å². The van der Waals surface area contributed by atoms with Gasteiger partial charge in [-0.05, 0) is 12.8 Å². The Morgan fingerprint density at radius 1 is 1.40 bits per heavy atom. The van der Waals surface area contributed by atoms with Crippen LogP contribution in [0.25, 0.3) is 0 Å². The van der Waals surface area contributed by atoms with E-state index in [1.807, 2.05) is 0 Å². The maximum Gasteiger partial charge on any atom is 0.153 e. The molecule has 5 nitrogen and oxygen atoms in total. The van der Waals surface area contributed by atoms with Crippen molar-refractivity contribution in [3.63, 3.8) is 0 Å². The number of nitrogens with two attached hydrogens (primary N) is 1. The number of aromatic amines is 1. The van der Waals surface area contributed by atoms with Crippen LogP contribution in [0.3, 0.4) is 0 Å². The average Bonchev–Trinajstić information content (AvgIpc) is 2.87. The van der Waals surface area contributed by atoms with Crippen molar-refractivity contribution in [3.05, 3.63) is 11.6 Å². The number of H-pyrrole nitrogens is 1. The molecule has 0 aromatic carbocycles. The van der Waals surface area contributed by atoms with Crippen LogP contribution in [0.4, 0.5) is 0 Å². The maximum atomic E-state index is 5.33. The van der Waals surface area contributed by atoms with Gasteiger partial charge in [-0.1, -0.05) is 12.8 Å². The molecule has 15 heavy (non-hydrogen) atoms. The Bertz CT molecular complexity index is 293. The van der Waals surface area contributed by atoms with Crippen LogP contribution < -0.4 is 5.73 Å². The number of nitrogens with zero attached hydrogens (tertiary/aromatic N) is 2. The molecule has 0 unspecified atom stereocenters. The molecule has 1 aliphatic rings. The predicted octanol–water partition coefficient (Wildman–Crippen LogP) is 0.938. The molecule has 1 saturated carbocycles. The lowest BCUT2D eigenvalue weighted by Gasteiger charge is -2.01. The Labute approximate surface area is 89.4 Å². The minimum Gasteiger partial charge on any atom is -0.372 e. The van der Waals surface area contributed by atoms with Crippen molar-refractivity contribution in [2.75, 3.05) is 13.2 Å². The van der Waals surface area contributed by atoms with Gasteiger partial charge >= 0.3 is 0 Å². The van der Waals surface area contributed by atoms with E-state index in [1.165, 1.54) is 25.7 Å². The Morgan fingerprint density at radius 2 is 2.20 bits per heavy atom. The number of hydrogen-bond donors (Lipinski definition) is 2. The first kappa shape index (κ1) is 10.6. The fourth-order valence-electron chi connectivity index (χ4n) is 1.99. The van der Waals surface area contributed by atoms with E-state index in [0.717, 1.165) is 11.6 Å². The molecule has 0 spiro atoms. The van der Waals surface area contributed by atoms with Crippen molar-refractivity contribution in [1.82, 2.24) is 15.2 Å². The molecule has 1 heterocycles. The minimum atomic E-state index is 0.483. The third-order valence-corrected chi connectivity index (χ3v) is 2.77. The summed E-state index contributed by atoms with van der Waals surface area (Å²) in [4.78, 5) is 4.43. The molecular weight excluding hydrogens is 192 g/mol. The Morgan fingerprint density at radius 3 is 2.93 bits per heavy atom. The van der Waals surface area contributed by atoms with Gasteiger partial charge in [-0.3, -0.25) is 5.10 Å². The van der Waals surface area contributed by atoms with E-state index >= 15 is 0 Å². The lowest BCUT2D eigenvalue weighted by Crippen LogP contribution is -2.08.